The van der Waals surface area contributed by atoms with Crippen molar-refractivity contribution in [2.75, 3.05) is 26.0 Å². The summed E-state index contributed by atoms with van der Waals surface area (Å²) in [6, 6.07) is 0.0440. The lowest BCUT2D eigenvalue weighted by Gasteiger charge is -2.31. The third kappa shape index (κ3) is 3.43. The third-order valence-corrected chi connectivity index (χ3v) is 5.22. The molecule has 90 valence electrons. The number of nitrogens with one attached hydrogen (secondary N) is 1. The van der Waals surface area contributed by atoms with E-state index in [1.54, 1.807) is 0 Å². The molecule has 1 N–H and O–H groups in total. The molecule has 0 bridgehead atoms. The molecule has 0 spiro atoms. The summed E-state index contributed by atoms with van der Waals surface area (Å²) in [6.07, 6.45) is 0.776. The zero-order valence-corrected chi connectivity index (χ0v) is 10.5. The lowest BCUT2D eigenvalue weighted by atomic mass is 10.1. The molecule has 4 nitrogen and oxygen atoms in total. The van der Waals surface area contributed by atoms with Crippen LogP contribution in [0.5, 0.6) is 0 Å². The maximum atomic E-state index is 12.0. The molecule has 1 fully saturated rings. The molecule has 1 rings (SSSR count). The quantitative estimate of drug-likeness (QED) is 0.768. The molecule has 1 aliphatic rings. The lowest BCUT2D eigenvalue weighted by molar-refractivity contribution is 0.0825. The Bertz CT molecular complexity index is 287. The van der Waals surface area contributed by atoms with E-state index in [1.165, 1.54) is 0 Å². The highest BCUT2D eigenvalue weighted by molar-refractivity contribution is 7.92. The van der Waals surface area contributed by atoms with Gasteiger partial charge in [0.05, 0.1) is 17.6 Å². The molecule has 0 aromatic carbocycles. The van der Waals surface area contributed by atoms with Gasteiger partial charge in [-0.1, -0.05) is 13.8 Å². The standard InChI is InChI=1S/C10H21NO3S/c1-8(2)7-15(12,13)10-6-14-5-4-9(10)11-3/h8-11H,4-7H2,1-3H3. The summed E-state index contributed by atoms with van der Waals surface area (Å²) in [5.41, 5.74) is 0. The minimum Gasteiger partial charge on any atom is -0.380 e. The number of hydrogen-bond acceptors (Lipinski definition) is 4. The minimum atomic E-state index is -3.03. The van der Waals surface area contributed by atoms with E-state index in [0.29, 0.717) is 13.2 Å². The SMILES string of the molecule is CNC1CCOCC1S(=O)(=O)CC(C)C. The minimum absolute atomic E-state index is 0.0440. The maximum absolute atomic E-state index is 12.0. The fourth-order valence-electron chi connectivity index (χ4n) is 1.98. The van der Waals surface area contributed by atoms with Gasteiger partial charge in [0.1, 0.15) is 0 Å². The molecule has 0 radical (unpaired) electrons. The predicted molar refractivity (Wildman–Crippen MR) is 60.7 cm³/mol. The Kier molecular flexibility index (Phi) is 4.55. The molecule has 0 aromatic rings. The topological polar surface area (TPSA) is 55.4 Å². The fraction of sp³-hybridized carbons (Fsp3) is 1.00. The number of ether oxygens (including phenoxy) is 1. The van der Waals surface area contributed by atoms with Crippen LogP contribution in [0.1, 0.15) is 20.3 Å². The van der Waals surface area contributed by atoms with Crippen LogP contribution in [0.2, 0.25) is 0 Å². The Morgan fingerprint density at radius 1 is 1.47 bits per heavy atom. The van der Waals surface area contributed by atoms with Crippen molar-refractivity contribution in [2.24, 2.45) is 5.92 Å². The highest BCUT2D eigenvalue weighted by Crippen LogP contribution is 2.18. The Morgan fingerprint density at radius 2 is 2.13 bits per heavy atom. The summed E-state index contributed by atoms with van der Waals surface area (Å²) in [4.78, 5) is 0. The van der Waals surface area contributed by atoms with Crippen LogP contribution in [0.4, 0.5) is 0 Å². The van der Waals surface area contributed by atoms with Crippen LogP contribution in [0, 0.1) is 5.92 Å². The number of rotatable bonds is 4. The highest BCUT2D eigenvalue weighted by Gasteiger charge is 2.35. The Morgan fingerprint density at radius 3 is 2.67 bits per heavy atom. The van der Waals surface area contributed by atoms with Gasteiger partial charge < -0.3 is 10.1 Å². The number of sulfone groups is 1. The van der Waals surface area contributed by atoms with Crippen LogP contribution >= 0.6 is 0 Å². The highest BCUT2D eigenvalue weighted by atomic mass is 32.2. The molecule has 0 saturated carbocycles. The van der Waals surface area contributed by atoms with E-state index in [0.717, 1.165) is 6.42 Å². The van der Waals surface area contributed by atoms with Crippen molar-refractivity contribution in [3.8, 4) is 0 Å². The molecule has 1 aliphatic heterocycles. The molecule has 0 aliphatic carbocycles. The van der Waals surface area contributed by atoms with E-state index in [1.807, 2.05) is 20.9 Å². The van der Waals surface area contributed by atoms with Gasteiger partial charge in [0.25, 0.3) is 0 Å². The van der Waals surface area contributed by atoms with Gasteiger partial charge in [0.2, 0.25) is 0 Å². The molecule has 15 heavy (non-hydrogen) atoms. The van der Waals surface area contributed by atoms with Crippen molar-refractivity contribution < 1.29 is 13.2 Å². The van der Waals surface area contributed by atoms with E-state index in [-0.39, 0.29) is 23.0 Å². The monoisotopic (exact) mass is 235 g/mol. The third-order valence-electron chi connectivity index (χ3n) is 2.70. The first-order valence-electron chi connectivity index (χ1n) is 5.44. The van der Waals surface area contributed by atoms with Crippen LogP contribution in [0.15, 0.2) is 0 Å². The van der Waals surface area contributed by atoms with Crippen LogP contribution in [0.25, 0.3) is 0 Å². The van der Waals surface area contributed by atoms with E-state index in [2.05, 4.69) is 5.32 Å². The van der Waals surface area contributed by atoms with Crippen molar-refractivity contribution in [2.45, 2.75) is 31.6 Å². The summed E-state index contributed by atoms with van der Waals surface area (Å²) >= 11 is 0. The van der Waals surface area contributed by atoms with E-state index in [9.17, 15) is 8.42 Å². The second kappa shape index (κ2) is 5.27. The number of hydrogen-bond donors (Lipinski definition) is 1. The van der Waals surface area contributed by atoms with E-state index < -0.39 is 9.84 Å². The fourth-order valence-corrected chi connectivity index (χ4v) is 4.24. The Labute approximate surface area is 92.3 Å². The first kappa shape index (κ1) is 12.9. The van der Waals surface area contributed by atoms with E-state index >= 15 is 0 Å². The van der Waals surface area contributed by atoms with Crippen molar-refractivity contribution in [3.05, 3.63) is 0 Å². The summed E-state index contributed by atoms with van der Waals surface area (Å²) in [5.74, 6) is 0.425. The van der Waals surface area contributed by atoms with Crippen molar-refractivity contribution in [1.29, 1.82) is 0 Å². The first-order valence-corrected chi connectivity index (χ1v) is 7.15. The van der Waals surface area contributed by atoms with Gasteiger partial charge in [-0.05, 0) is 19.4 Å². The average Bonchev–Trinajstić information content (AvgIpc) is 2.16. The smallest absolute Gasteiger partial charge is 0.157 e. The van der Waals surface area contributed by atoms with Gasteiger partial charge in [-0.25, -0.2) is 8.42 Å². The summed E-state index contributed by atoms with van der Waals surface area (Å²) in [5, 5.41) is 2.70. The van der Waals surface area contributed by atoms with Crippen LogP contribution < -0.4 is 5.32 Å². The second-order valence-electron chi connectivity index (χ2n) is 4.52. The largest absolute Gasteiger partial charge is 0.380 e. The van der Waals surface area contributed by atoms with Crippen LogP contribution in [-0.2, 0) is 14.6 Å². The lowest BCUT2D eigenvalue weighted by Crippen LogP contribution is -2.50. The van der Waals surface area contributed by atoms with Crippen molar-refractivity contribution in [3.63, 3.8) is 0 Å². The van der Waals surface area contributed by atoms with Crippen LogP contribution in [-0.4, -0.2) is 45.7 Å². The average molecular weight is 235 g/mol. The first-order chi connectivity index (χ1) is 6.97. The van der Waals surface area contributed by atoms with Gasteiger partial charge in [-0.2, -0.15) is 0 Å². The summed E-state index contributed by atoms with van der Waals surface area (Å²) < 4.78 is 29.4. The second-order valence-corrected chi connectivity index (χ2v) is 6.79. The zero-order valence-electron chi connectivity index (χ0n) is 9.69. The Hall–Kier alpha value is -0.130. The van der Waals surface area contributed by atoms with Gasteiger partial charge in [-0.3, -0.25) is 0 Å². The Balaban J connectivity index is 2.74. The summed E-state index contributed by atoms with van der Waals surface area (Å²) in [6.45, 7) is 4.84. The molecule has 2 atom stereocenters. The van der Waals surface area contributed by atoms with Gasteiger partial charge in [0.15, 0.2) is 9.84 Å². The zero-order chi connectivity index (χ0) is 11.5. The van der Waals surface area contributed by atoms with Gasteiger partial charge >= 0.3 is 0 Å². The van der Waals surface area contributed by atoms with Crippen molar-refractivity contribution >= 4 is 9.84 Å². The van der Waals surface area contributed by atoms with Gasteiger partial charge in [0, 0.05) is 12.6 Å². The van der Waals surface area contributed by atoms with Crippen molar-refractivity contribution in [1.82, 2.24) is 5.32 Å². The normalized spacial score (nSPS) is 28.3. The predicted octanol–water partition coefficient (Wildman–Crippen LogP) is 0.434. The molecule has 0 amide bonds. The van der Waals surface area contributed by atoms with E-state index in [4.69, 9.17) is 4.74 Å². The molecule has 5 heteroatoms. The molecule has 1 heterocycles. The molecular weight excluding hydrogens is 214 g/mol. The molecule has 1 saturated heterocycles. The van der Waals surface area contributed by atoms with Crippen LogP contribution in [0.3, 0.4) is 0 Å². The molecule has 0 aromatic heterocycles. The summed E-state index contributed by atoms with van der Waals surface area (Å²) in [7, 11) is -1.22. The molecular formula is C10H21NO3S. The molecule has 2 unspecified atom stereocenters. The van der Waals surface area contributed by atoms with Gasteiger partial charge in [-0.15, -0.1) is 0 Å². The maximum Gasteiger partial charge on any atom is 0.157 e.